The van der Waals surface area contributed by atoms with Crippen molar-refractivity contribution in [1.82, 2.24) is 0 Å². The minimum Gasteiger partial charge on any atom is -0.493 e. The van der Waals surface area contributed by atoms with Gasteiger partial charge in [-0.15, -0.1) is 0 Å². The Morgan fingerprint density at radius 2 is 2.12 bits per heavy atom. The molecule has 0 radical (unpaired) electrons. The number of fused-ring (bicyclic) bond motifs is 1. The van der Waals surface area contributed by atoms with Crippen molar-refractivity contribution in [3.8, 4) is 17.9 Å². The Kier molecular flexibility index (Phi) is 3.12. The molecule has 0 saturated heterocycles. The average Bonchev–Trinajstić information content (AvgIpc) is 2.31. The van der Waals surface area contributed by atoms with E-state index in [1.807, 2.05) is 30.3 Å². The largest absolute Gasteiger partial charge is 0.493 e. The maximum Gasteiger partial charge on any atom is 0.140 e. The molecule has 0 saturated carbocycles. The van der Waals surface area contributed by atoms with E-state index in [1.165, 1.54) is 0 Å². The fourth-order valence-corrected chi connectivity index (χ4v) is 2.33. The molecule has 0 aliphatic carbocycles. The Morgan fingerprint density at radius 3 is 2.81 bits per heavy atom. The van der Waals surface area contributed by atoms with Crippen LogP contribution >= 0.6 is 15.9 Å². The first-order chi connectivity index (χ1) is 7.76. The molecule has 16 heavy (non-hydrogen) atoms. The molecule has 3 nitrogen and oxygen atoms in total. The van der Waals surface area contributed by atoms with Gasteiger partial charge in [-0.3, -0.25) is 0 Å². The quantitative estimate of drug-likeness (QED) is 0.792. The molecule has 4 heteroatoms. The van der Waals surface area contributed by atoms with E-state index in [0.717, 1.165) is 22.2 Å². The highest BCUT2D eigenvalue weighted by molar-refractivity contribution is 9.10. The van der Waals surface area contributed by atoms with Crippen LogP contribution in [0.5, 0.6) is 5.75 Å². The minimum absolute atomic E-state index is 0.0451. The molecule has 0 N–H and O–H groups in total. The van der Waals surface area contributed by atoms with Crippen LogP contribution in [0.3, 0.4) is 0 Å². The molecule has 0 aromatic heterocycles. The lowest BCUT2D eigenvalue weighted by molar-refractivity contribution is 0.260. The summed E-state index contributed by atoms with van der Waals surface area (Å²) < 4.78 is 6.45. The summed E-state index contributed by atoms with van der Waals surface area (Å²) in [6, 6.07) is 9.80. The number of hydrogen-bond acceptors (Lipinski definition) is 3. The van der Waals surface area contributed by atoms with Crippen molar-refractivity contribution in [2.24, 2.45) is 5.92 Å². The van der Waals surface area contributed by atoms with Crippen LogP contribution in [0, 0.1) is 28.6 Å². The van der Waals surface area contributed by atoms with Crippen molar-refractivity contribution in [2.45, 2.75) is 12.3 Å². The maximum atomic E-state index is 8.95. The van der Waals surface area contributed by atoms with E-state index in [9.17, 15) is 0 Å². The highest BCUT2D eigenvalue weighted by atomic mass is 79.9. The molecule has 1 unspecified atom stereocenters. The summed E-state index contributed by atoms with van der Waals surface area (Å²) in [4.78, 5) is 0. The first-order valence-corrected chi connectivity index (χ1v) is 5.77. The molecular formula is C12H9BrN2O. The van der Waals surface area contributed by atoms with Crippen molar-refractivity contribution >= 4 is 15.9 Å². The molecule has 1 aromatic carbocycles. The van der Waals surface area contributed by atoms with Crippen LogP contribution in [0.4, 0.5) is 0 Å². The summed E-state index contributed by atoms with van der Waals surface area (Å²) in [5.74, 6) is 0.142. The molecule has 80 valence electrons. The second kappa shape index (κ2) is 4.55. The zero-order chi connectivity index (χ0) is 11.5. The van der Waals surface area contributed by atoms with Gasteiger partial charge >= 0.3 is 0 Å². The molecule has 0 spiro atoms. The van der Waals surface area contributed by atoms with Crippen LogP contribution in [0.1, 0.15) is 17.9 Å². The number of rotatable bonds is 1. The van der Waals surface area contributed by atoms with E-state index in [1.54, 1.807) is 0 Å². The van der Waals surface area contributed by atoms with Crippen molar-refractivity contribution in [2.75, 3.05) is 6.61 Å². The minimum atomic E-state index is -0.600. The van der Waals surface area contributed by atoms with Crippen LogP contribution in [-0.2, 0) is 0 Å². The Labute approximate surface area is 102 Å². The smallest absolute Gasteiger partial charge is 0.140 e. The van der Waals surface area contributed by atoms with Gasteiger partial charge in [-0.05, 0) is 24.6 Å². The van der Waals surface area contributed by atoms with Gasteiger partial charge in [0.25, 0.3) is 0 Å². The van der Waals surface area contributed by atoms with Crippen LogP contribution < -0.4 is 4.74 Å². The van der Waals surface area contributed by atoms with Crippen LogP contribution in [0.25, 0.3) is 0 Å². The van der Waals surface area contributed by atoms with Crippen molar-refractivity contribution < 1.29 is 4.74 Å². The van der Waals surface area contributed by atoms with Gasteiger partial charge < -0.3 is 4.74 Å². The first kappa shape index (κ1) is 11.0. The lowest BCUT2D eigenvalue weighted by Gasteiger charge is -2.26. The van der Waals surface area contributed by atoms with Gasteiger partial charge in [0.1, 0.15) is 11.7 Å². The van der Waals surface area contributed by atoms with Crippen molar-refractivity contribution in [3.05, 3.63) is 28.2 Å². The van der Waals surface area contributed by atoms with E-state index >= 15 is 0 Å². The molecule has 1 aromatic rings. The summed E-state index contributed by atoms with van der Waals surface area (Å²) >= 11 is 3.39. The van der Waals surface area contributed by atoms with Gasteiger partial charge in [-0.2, -0.15) is 10.5 Å². The molecular weight excluding hydrogens is 268 g/mol. The van der Waals surface area contributed by atoms with Gasteiger partial charge in [0.05, 0.1) is 18.7 Å². The lowest BCUT2D eigenvalue weighted by atomic mass is 9.83. The molecule has 2 rings (SSSR count). The van der Waals surface area contributed by atoms with Crippen molar-refractivity contribution in [3.63, 3.8) is 0 Å². The van der Waals surface area contributed by atoms with E-state index in [4.69, 9.17) is 15.3 Å². The Balaban J connectivity index is 2.44. The standard InChI is InChI=1S/C12H9BrN2O/c13-9-1-2-12-11(5-9)10(3-4-16-12)8(6-14)7-15/h1-2,5,8,10H,3-4H2. The molecule has 0 fully saturated rings. The predicted octanol–water partition coefficient (Wildman–Crippen LogP) is 2.98. The number of hydrogen-bond donors (Lipinski definition) is 0. The SMILES string of the molecule is N#CC(C#N)C1CCOc2ccc(Br)cc21. The van der Waals surface area contributed by atoms with Crippen LogP contribution in [0.15, 0.2) is 22.7 Å². The number of ether oxygens (including phenoxy) is 1. The molecule has 1 atom stereocenters. The summed E-state index contributed by atoms with van der Waals surface area (Å²) in [6.45, 7) is 0.569. The normalized spacial score (nSPS) is 18.1. The number of nitrogens with zero attached hydrogens (tertiary/aromatic N) is 2. The third-order valence-electron chi connectivity index (χ3n) is 2.74. The Morgan fingerprint density at radius 1 is 1.38 bits per heavy atom. The molecule has 1 heterocycles. The number of nitriles is 2. The average molecular weight is 277 g/mol. The van der Waals surface area contributed by atoms with E-state index in [2.05, 4.69) is 15.9 Å². The molecule has 1 aliphatic heterocycles. The van der Waals surface area contributed by atoms with Crippen LogP contribution in [0.2, 0.25) is 0 Å². The first-order valence-electron chi connectivity index (χ1n) is 4.97. The zero-order valence-corrected chi connectivity index (χ0v) is 10.1. The summed E-state index contributed by atoms with van der Waals surface area (Å²) in [5, 5.41) is 17.9. The van der Waals surface area contributed by atoms with Gasteiger partial charge in [0, 0.05) is 16.0 Å². The van der Waals surface area contributed by atoms with E-state index in [0.29, 0.717) is 6.61 Å². The van der Waals surface area contributed by atoms with Gasteiger partial charge in [0.15, 0.2) is 0 Å². The molecule has 0 amide bonds. The topological polar surface area (TPSA) is 56.8 Å². The second-order valence-corrected chi connectivity index (χ2v) is 4.58. The monoisotopic (exact) mass is 276 g/mol. The lowest BCUT2D eigenvalue weighted by Crippen LogP contribution is -2.19. The third-order valence-corrected chi connectivity index (χ3v) is 3.23. The van der Waals surface area contributed by atoms with E-state index < -0.39 is 5.92 Å². The second-order valence-electron chi connectivity index (χ2n) is 3.66. The van der Waals surface area contributed by atoms with Gasteiger partial charge in [-0.25, -0.2) is 0 Å². The van der Waals surface area contributed by atoms with Crippen molar-refractivity contribution in [1.29, 1.82) is 10.5 Å². The Bertz CT molecular complexity index is 473. The summed E-state index contributed by atoms with van der Waals surface area (Å²) in [7, 11) is 0. The van der Waals surface area contributed by atoms with Gasteiger partial charge in [-0.1, -0.05) is 15.9 Å². The summed E-state index contributed by atoms with van der Waals surface area (Å²) in [6.07, 6.45) is 0.718. The Hall–Kier alpha value is -1.52. The van der Waals surface area contributed by atoms with E-state index in [-0.39, 0.29) is 5.92 Å². The highest BCUT2D eigenvalue weighted by Gasteiger charge is 2.29. The maximum absolute atomic E-state index is 8.95. The number of halogens is 1. The molecule has 0 bridgehead atoms. The highest BCUT2D eigenvalue weighted by Crippen LogP contribution is 2.39. The fraction of sp³-hybridized carbons (Fsp3) is 0.333. The summed E-state index contributed by atoms with van der Waals surface area (Å²) in [5.41, 5.74) is 0.953. The molecule has 1 aliphatic rings. The zero-order valence-electron chi connectivity index (χ0n) is 8.48. The number of benzene rings is 1. The van der Waals surface area contributed by atoms with Gasteiger partial charge in [0.2, 0.25) is 0 Å². The third kappa shape index (κ3) is 1.89. The van der Waals surface area contributed by atoms with Crippen LogP contribution in [-0.4, -0.2) is 6.61 Å². The predicted molar refractivity (Wildman–Crippen MR) is 61.7 cm³/mol. The fourth-order valence-electron chi connectivity index (χ4n) is 1.95.